The number of aryl methyl sites for hydroxylation is 2. The Morgan fingerprint density at radius 2 is 1.70 bits per heavy atom. The largest absolute Gasteiger partial charge is 0.364 e. The first kappa shape index (κ1) is 19.0. The Hall–Kier alpha value is -4.34. The van der Waals surface area contributed by atoms with E-state index in [0.29, 0.717) is 5.69 Å². The Morgan fingerprint density at radius 1 is 1.00 bits per heavy atom. The molecule has 0 spiro atoms. The van der Waals surface area contributed by atoms with Gasteiger partial charge in [0, 0.05) is 11.4 Å². The van der Waals surface area contributed by atoms with E-state index in [4.69, 9.17) is 5.73 Å². The molecule has 0 atom stereocenters. The zero-order valence-electron chi connectivity index (χ0n) is 16.2. The molecule has 2 amide bonds. The first-order valence-corrected chi connectivity index (χ1v) is 9.04. The van der Waals surface area contributed by atoms with Crippen LogP contribution in [0.1, 0.15) is 32.4 Å². The monoisotopic (exact) mass is 402 g/mol. The molecular weight excluding hydrogens is 384 g/mol. The third kappa shape index (κ3) is 3.65. The fourth-order valence-corrected chi connectivity index (χ4v) is 3.05. The maximum Gasteiger partial charge on any atom is 0.288 e. The Balaban J connectivity index is 1.73. The van der Waals surface area contributed by atoms with Gasteiger partial charge in [-0.1, -0.05) is 30.3 Å². The fourth-order valence-electron chi connectivity index (χ4n) is 3.05. The van der Waals surface area contributed by atoms with Crippen LogP contribution in [0.2, 0.25) is 0 Å². The molecule has 0 bridgehead atoms. The third-order valence-electron chi connectivity index (χ3n) is 4.31. The number of primary amides is 1. The van der Waals surface area contributed by atoms with Gasteiger partial charge in [-0.25, -0.2) is 19.9 Å². The minimum absolute atomic E-state index is 0.0209. The van der Waals surface area contributed by atoms with Gasteiger partial charge in [0.15, 0.2) is 11.3 Å². The van der Waals surface area contributed by atoms with Crippen LogP contribution in [-0.2, 0) is 0 Å². The van der Waals surface area contributed by atoms with E-state index < -0.39 is 11.8 Å². The summed E-state index contributed by atoms with van der Waals surface area (Å²) < 4.78 is 1.62. The number of anilines is 1. The minimum Gasteiger partial charge on any atom is -0.364 e. The summed E-state index contributed by atoms with van der Waals surface area (Å²) in [6.07, 6.45) is 1.45. The molecule has 0 unspecified atom stereocenters. The lowest BCUT2D eigenvalue weighted by atomic mass is 10.1. The molecule has 1 aromatic carbocycles. The summed E-state index contributed by atoms with van der Waals surface area (Å²) in [4.78, 5) is 41.3. The molecule has 0 aliphatic rings. The van der Waals surface area contributed by atoms with E-state index in [2.05, 4.69) is 30.8 Å². The van der Waals surface area contributed by atoms with Crippen molar-refractivity contribution in [3.05, 3.63) is 71.6 Å². The van der Waals surface area contributed by atoms with Crippen LogP contribution in [0.5, 0.6) is 0 Å². The molecule has 0 aliphatic carbocycles. The van der Waals surface area contributed by atoms with Crippen molar-refractivity contribution in [2.45, 2.75) is 13.8 Å². The predicted molar refractivity (Wildman–Crippen MR) is 110 cm³/mol. The first-order chi connectivity index (χ1) is 14.4. The number of amides is 2. The zero-order chi connectivity index (χ0) is 21.3. The van der Waals surface area contributed by atoms with Gasteiger partial charge in [0.25, 0.3) is 11.8 Å². The van der Waals surface area contributed by atoms with Crippen molar-refractivity contribution in [2.24, 2.45) is 5.73 Å². The van der Waals surface area contributed by atoms with E-state index in [-0.39, 0.29) is 23.0 Å². The second-order valence-electron chi connectivity index (χ2n) is 6.60. The van der Waals surface area contributed by atoms with Crippen LogP contribution in [0.15, 0.2) is 48.8 Å². The van der Waals surface area contributed by atoms with Crippen molar-refractivity contribution in [3.8, 4) is 11.3 Å². The summed E-state index contributed by atoms with van der Waals surface area (Å²) in [5, 5.41) is 0. The number of hydrogen-bond acceptors (Lipinski definition) is 7. The number of fused-ring (bicyclic) bond motifs is 1. The molecule has 3 heterocycles. The lowest BCUT2D eigenvalue weighted by Crippen LogP contribution is -2.31. The minimum atomic E-state index is -0.733. The van der Waals surface area contributed by atoms with Gasteiger partial charge in [0.2, 0.25) is 5.95 Å². The van der Waals surface area contributed by atoms with Crippen LogP contribution < -0.4 is 16.6 Å². The van der Waals surface area contributed by atoms with Crippen molar-refractivity contribution >= 4 is 23.4 Å². The summed E-state index contributed by atoms with van der Waals surface area (Å²) in [5.74, 6) is -1.01. The molecule has 4 rings (SSSR count). The predicted octanol–water partition coefficient (Wildman–Crippen LogP) is 1.66. The lowest BCUT2D eigenvalue weighted by Gasteiger charge is -2.11. The molecule has 3 aromatic heterocycles. The van der Waals surface area contributed by atoms with Crippen molar-refractivity contribution in [3.63, 3.8) is 0 Å². The second-order valence-corrected chi connectivity index (χ2v) is 6.60. The number of carbonyl (C=O) groups excluding carboxylic acids is 2. The van der Waals surface area contributed by atoms with Gasteiger partial charge in [-0.05, 0) is 31.5 Å². The molecule has 10 heteroatoms. The molecule has 0 aliphatic heterocycles. The molecular formula is C20H18N8O2. The van der Waals surface area contributed by atoms with Crippen LogP contribution in [0, 0.1) is 13.8 Å². The van der Waals surface area contributed by atoms with E-state index in [1.54, 1.807) is 10.5 Å². The molecule has 4 N–H and O–H groups in total. The Bertz CT molecular complexity index is 1250. The summed E-state index contributed by atoms with van der Waals surface area (Å²) in [6, 6.07) is 12.8. The summed E-state index contributed by atoms with van der Waals surface area (Å²) >= 11 is 0. The van der Waals surface area contributed by atoms with Crippen molar-refractivity contribution < 1.29 is 9.59 Å². The number of hydrogen-bond donors (Lipinski definition) is 3. The first-order valence-electron chi connectivity index (χ1n) is 9.04. The van der Waals surface area contributed by atoms with E-state index in [0.717, 1.165) is 17.0 Å². The highest BCUT2D eigenvalue weighted by Gasteiger charge is 2.19. The molecule has 10 nitrogen and oxygen atoms in total. The van der Waals surface area contributed by atoms with Crippen LogP contribution in [0.4, 0.5) is 5.95 Å². The second kappa shape index (κ2) is 7.59. The zero-order valence-corrected chi connectivity index (χ0v) is 16.2. The van der Waals surface area contributed by atoms with E-state index in [1.165, 1.54) is 6.33 Å². The molecule has 30 heavy (non-hydrogen) atoms. The van der Waals surface area contributed by atoms with Crippen molar-refractivity contribution in [1.82, 2.24) is 29.8 Å². The summed E-state index contributed by atoms with van der Waals surface area (Å²) in [7, 11) is 0. The maximum atomic E-state index is 12.8. The number of aromatic nitrogens is 5. The molecule has 4 aromatic rings. The van der Waals surface area contributed by atoms with Gasteiger partial charge >= 0.3 is 0 Å². The normalized spacial score (nSPS) is 10.7. The number of imidazole rings is 1. The number of nitrogens with zero attached hydrogens (tertiary/aromatic N) is 5. The average Bonchev–Trinajstić information content (AvgIpc) is 3.15. The van der Waals surface area contributed by atoms with Crippen LogP contribution in [0.25, 0.3) is 16.9 Å². The number of nitrogens with one attached hydrogen (secondary N) is 2. The van der Waals surface area contributed by atoms with E-state index in [1.807, 2.05) is 50.2 Å². The van der Waals surface area contributed by atoms with Crippen molar-refractivity contribution in [1.29, 1.82) is 0 Å². The summed E-state index contributed by atoms with van der Waals surface area (Å²) in [5.41, 5.74) is 13.8. The molecule has 0 saturated carbocycles. The Kier molecular flexibility index (Phi) is 4.80. The van der Waals surface area contributed by atoms with Crippen LogP contribution in [-0.4, -0.2) is 36.2 Å². The molecule has 150 valence electrons. The van der Waals surface area contributed by atoms with Gasteiger partial charge in [0.1, 0.15) is 12.0 Å². The van der Waals surface area contributed by atoms with E-state index in [9.17, 15) is 9.59 Å². The number of benzene rings is 1. The lowest BCUT2D eigenvalue weighted by molar-refractivity contribution is 0.0955. The average molecular weight is 402 g/mol. The van der Waals surface area contributed by atoms with Gasteiger partial charge < -0.3 is 5.73 Å². The number of rotatable bonds is 5. The van der Waals surface area contributed by atoms with Crippen LogP contribution in [0.3, 0.4) is 0 Å². The van der Waals surface area contributed by atoms with Gasteiger partial charge in [0.05, 0.1) is 5.69 Å². The summed E-state index contributed by atoms with van der Waals surface area (Å²) in [6.45, 7) is 3.66. The highest BCUT2D eigenvalue weighted by Crippen LogP contribution is 2.22. The number of nitrogens with two attached hydrogens (primary N) is 1. The standard InChI is InChI=1S/C20H18N8O2/c1-11-8-12(2)24-20(23-11)27-26-19(30)14-9-15(13-6-4-3-5-7-13)28-10-22-16(17(21)29)18(28)25-14/h3-10H,1-2H3,(H2,21,29)(H,26,30)(H,23,24,27). The highest BCUT2D eigenvalue weighted by atomic mass is 16.2. The quantitative estimate of drug-likeness (QED) is 0.431. The maximum absolute atomic E-state index is 12.8. The van der Waals surface area contributed by atoms with Gasteiger partial charge in [-0.2, -0.15) is 0 Å². The highest BCUT2D eigenvalue weighted by molar-refractivity contribution is 5.99. The number of hydrazine groups is 1. The topological polar surface area (TPSA) is 140 Å². The Labute approximate surface area is 171 Å². The SMILES string of the molecule is Cc1cc(C)nc(NNC(=O)c2cc(-c3ccccc3)n3cnc(C(N)=O)c3n2)n1. The van der Waals surface area contributed by atoms with Crippen LogP contribution >= 0.6 is 0 Å². The Morgan fingerprint density at radius 3 is 2.37 bits per heavy atom. The smallest absolute Gasteiger partial charge is 0.288 e. The molecule has 0 radical (unpaired) electrons. The third-order valence-corrected chi connectivity index (χ3v) is 4.31. The molecule has 0 saturated heterocycles. The van der Waals surface area contributed by atoms with Gasteiger partial charge in [-0.15, -0.1) is 0 Å². The van der Waals surface area contributed by atoms with Crippen molar-refractivity contribution in [2.75, 3.05) is 5.43 Å². The molecule has 0 fully saturated rings. The fraction of sp³-hybridized carbons (Fsp3) is 0.100. The van der Waals surface area contributed by atoms with Gasteiger partial charge in [-0.3, -0.25) is 24.8 Å². The number of carbonyl (C=O) groups is 2. The van der Waals surface area contributed by atoms with E-state index >= 15 is 0 Å².